The zero-order valence-electron chi connectivity index (χ0n) is 14.8. The van der Waals surface area contributed by atoms with E-state index in [1.54, 1.807) is 18.2 Å². The van der Waals surface area contributed by atoms with Gasteiger partial charge in [-0.1, -0.05) is 37.7 Å². The predicted molar refractivity (Wildman–Crippen MR) is 96.9 cm³/mol. The first kappa shape index (κ1) is 18.6. The maximum Gasteiger partial charge on any atom is 0.239 e. The second-order valence-corrected chi connectivity index (χ2v) is 7.56. The second-order valence-electron chi connectivity index (χ2n) is 6.62. The molecule has 26 heavy (non-hydrogen) atoms. The Labute approximate surface area is 155 Å². The van der Waals surface area contributed by atoms with Crippen LogP contribution in [0, 0.1) is 11.7 Å². The number of carbonyl (C=O) groups is 2. The summed E-state index contributed by atoms with van der Waals surface area (Å²) in [4.78, 5) is 25.2. The Balaban J connectivity index is 1.82. The Kier molecular flexibility index (Phi) is 5.70. The van der Waals surface area contributed by atoms with Crippen LogP contribution in [0.2, 0.25) is 0 Å². The van der Waals surface area contributed by atoms with Crippen LogP contribution in [0.25, 0.3) is 11.4 Å². The fraction of sp³-hybridized carbons (Fsp3) is 0.444. The summed E-state index contributed by atoms with van der Waals surface area (Å²) >= 11 is 1.23. The van der Waals surface area contributed by atoms with Crippen molar-refractivity contribution in [3.63, 3.8) is 0 Å². The summed E-state index contributed by atoms with van der Waals surface area (Å²) < 4.78 is 16.0. The third kappa shape index (κ3) is 3.95. The molecule has 0 atom stereocenters. The molecule has 0 radical (unpaired) electrons. The van der Waals surface area contributed by atoms with Gasteiger partial charge in [-0.25, -0.2) is 4.39 Å². The van der Waals surface area contributed by atoms with Crippen molar-refractivity contribution >= 4 is 23.6 Å². The normalized spacial score (nSPS) is 14.5. The number of carbonyl (C=O) groups excluding carboxylic acids is 2. The molecule has 0 saturated carbocycles. The monoisotopic (exact) mass is 376 g/mol. The lowest BCUT2D eigenvalue weighted by Crippen LogP contribution is -2.33. The Hall–Kier alpha value is -2.22. The number of benzene rings is 1. The van der Waals surface area contributed by atoms with Gasteiger partial charge in [0.25, 0.3) is 0 Å². The molecule has 8 heteroatoms. The third-order valence-corrected chi connectivity index (χ3v) is 5.03. The first-order chi connectivity index (χ1) is 12.5. The molecule has 1 aliphatic rings. The van der Waals surface area contributed by atoms with Crippen molar-refractivity contribution in [2.75, 3.05) is 12.3 Å². The number of rotatable bonds is 6. The summed E-state index contributed by atoms with van der Waals surface area (Å²) in [5.41, 5.74) is 0.383. The molecule has 6 nitrogen and oxygen atoms in total. The number of likely N-dealkylation sites (tertiary alicyclic amines) is 1. The first-order valence-electron chi connectivity index (χ1n) is 8.61. The molecule has 0 bridgehead atoms. The smallest absolute Gasteiger partial charge is 0.239 e. The van der Waals surface area contributed by atoms with Crippen LogP contribution < -0.4 is 0 Å². The van der Waals surface area contributed by atoms with E-state index in [-0.39, 0.29) is 23.4 Å². The first-order valence-corrected chi connectivity index (χ1v) is 9.60. The van der Waals surface area contributed by atoms with Crippen molar-refractivity contribution in [3.05, 3.63) is 30.1 Å². The molecule has 138 valence electrons. The second kappa shape index (κ2) is 7.99. The number of halogens is 1. The summed E-state index contributed by atoms with van der Waals surface area (Å²) in [7, 11) is 0. The van der Waals surface area contributed by atoms with Gasteiger partial charge >= 0.3 is 0 Å². The van der Waals surface area contributed by atoms with Crippen LogP contribution >= 0.6 is 11.8 Å². The van der Waals surface area contributed by atoms with E-state index in [1.165, 1.54) is 22.7 Å². The van der Waals surface area contributed by atoms with E-state index in [4.69, 9.17) is 0 Å². The number of imide groups is 1. The van der Waals surface area contributed by atoms with Crippen LogP contribution in [0.5, 0.6) is 0 Å². The van der Waals surface area contributed by atoms with E-state index in [0.29, 0.717) is 42.0 Å². The standard InChI is InChI=1S/C18H21FN4O2S/c1-12(2)10-23-17(13-6-3-4-7-14(13)19)20-21-18(23)26-11-16(25)22-9-5-8-15(22)24/h3-4,6-7,12H,5,8-11H2,1-2H3. The van der Waals surface area contributed by atoms with Crippen LogP contribution in [0.1, 0.15) is 26.7 Å². The number of amides is 2. The summed E-state index contributed by atoms with van der Waals surface area (Å²) in [5, 5.41) is 8.86. The highest BCUT2D eigenvalue weighted by atomic mass is 32.2. The van der Waals surface area contributed by atoms with Crippen LogP contribution in [0.3, 0.4) is 0 Å². The van der Waals surface area contributed by atoms with Gasteiger partial charge in [0.2, 0.25) is 11.8 Å². The molecular weight excluding hydrogens is 355 g/mol. The van der Waals surface area contributed by atoms with Crippen molar-refractivity contribution in [1.82, 2.24) is 19.7 Å². The number of thioether (sulfide) groups is 1. The van der Waals surface area contributed by atoms with Gasteiger partial charge in [-0.2, -0.15) is 0 Å². The van der Waals surface area contributed by atoms with Gasteiger partial charge in [0.15, 0.2) is 11.0 Å². The molecule has 0 aliphatic carbocycles. The van der Waals surface area contributed by atoms with Gasteiger partial charge in [-0.3, -0.25) is 14.5 Å². The molecule has 1 saturated heterocycles. The SMILES string of the molecule is CC(C)Cn1c(SCC(=O)N2CCCC2=O)nnc1-c1ccccc1F. The lowest BCUT2D eigenvalue weighted by Gasteiger charge is -2.15. The average molecular weight is 376 g/mol. The molecular formula is C18H21FN4O2S. The minimum Gasteiger partial charge on any atom is -0.302 e. The van der Waals surface area contributed by atoms with Crippen molar-refractivity contribution in [2.24, 2.45) is 5.92 Å². The molecule has 1 aromatic carbocycles. The van der Waals surface area contributed by atoms with Crippen molar-refractivity contribution < 1.29 is 14.0 Å². The van der Waals surface area contributed by atoms with E-state index in [2.05, 4.69) is 10.2 Å². The highest BCUT2D eigenvalue weighted by Gasteiger charge is 2.27. The van der Waals surface area contributed by atoms with Gasteiger partial charge in [0, 0.05) is 19.5 Å². The number of nitrogens with zero attached hydrogens (tertiary/aromatic N) is 4. The van der Waals surface area contributed by atoms with Gasteiger partial charge < -0.3 is 4.57 Å². The lowest BCUT2D eigenvalue weighted by molar-refractivity contribution is -0.140. The van der Waals surface area contributed by atoms with Crippen molar-refractivity contribution in [2.45, 2.75) is 38.4 Å². The molecule has 0 unspecified atom stereocenters. The largest absolute Gasteiger partial charge is 0.302 e. The minimum atomic E-state index is -0.361. The van der Waals surface area contributed by atoms with Gasteiger partial charge in [0.05, 0.1) is 11.3 Å². The number of hydrogen-bond acceptors (Lipinski definition) is 5. The van der Waals surface area contributed by atoms with Gasteiger partial charge in [-0.05, 0) is 24.5 Å². The molecule has 0 N–H and O–H groups in total. The van der Waals surface area contributed by atoms with Crippen LogP contribution in [0.15, 0.2) is 29.4 Å². The van der Waals surface area contributed by atoms with E-state index in [9.17, 15) is 14.0 Å². The van der Waals surface area contributed by atoms with Crippen molar-refractivity contribution in [1.29, 1.82) is 0 Å². The topological polar surface area (TPSA) is 68.1 Å². The molecule has 0 spiro atoms. The number of hydrogen-bond donors (Lipinski definition) is 0. The van der Waals surface area contributed by atoms with Gasteiger partial charge in [-0.15, -0.1) is 10.2 Å². The zero-order chi connectivity index (χ0) is 18.7. The van der Waals surface area contributed by atoms with Gasteiger partial charge in [0.1, 0.15) is 5.82 Å². The molecule has 1 aliphatic heterocycles. The zero-order valence-corrected chi connectivity index (χ0v) is 15.6. The summed E-state index contributed by atoms with van der Waals surface area (Å²) in [6, 6.07) is 6.43. The van der Waals surface area contributed by atoms with Crippen LogP contribution in [-0.4, -0.2) is 43.8 Å². The molecule has 2 amide bonds. The fourth-order valence-electron chi connectivity index (χ4n) is 2.88. The summed E-state index contributed by atoms with van der Waals surface area (Å²) in [6.45, 7) is 5.19. The lowest BCUT2D eigenvalue weighted by atomic mass is 10.2. The third-order valence-electron chi connectivity index (χ3n) is 4.08. The maximum atomic E-state index is 14.2. The molecule has 2 aromatic rings. The quantitative estimate of drug-likeness (QED) is 0.725. The molecule has 1 fully saturated rings. The highest BCUT2D eigenvalue weighted by Crippen LogP contribution is 2.27. The van der Waals surface area contributed by atoms with E-state index in [1.807, 2.05) is 18.4 Å². The summed E-state index contributed by atoms with van der Waals surface area (Å²) in [5.74, 6) is 0.158. The average Bonchev–Trinajstić information content (AvgIpc) is 3.19. The van der Waals surface area contributed by atoms with Crippen LogP contribution in [-0.2, 0) is 16.1 Å². The Morgan fingerprint density at radius 3 is 2.73 bits per heavy atom. The predicted octanol–water partition coefficient (Wildman–Crippen LogP) is 2.98. The minimum absolute atomic E-state index is 0.110. The van der Waals surface area contributed by atoms with E-state index < -0.39 is 0 Å². The number of aromatic nitrogens is 3. The Morgan fingerprint density at radius 2 is 2.08 bits per heavy atom. The summed E-state index contributed by atoms with van der Waals surface area (Å²) in [6.07, 6.45) is 1.15. The Morgan fingerprint density at radius 1 is 1.31 bits per heavy atom. The maximum absolute atomic E-state index is 14.2. The molecule has 1 aromatic heterocycles. The molecule has 3 rings (SSSR count). The highest BCUT2D eigenvalue weighted by molar-refractivity contribution is 7.99. The Bertz CT molecular complexity index is 821. The van der Waals surface area contributed by atoms with Crippen LogP contribution in [0.4, 0.5) is 4.39 Å². The fourth-order valence-corrected chi connectivity index (χ4v) is 3.71. The van der Waals surface area contributed by atoms with E-state index in [0.717, 1.165) is 6.42 Å². The van der Waals surface area contributed by atoms with E-state index >= 15 is 0 Å². The molecule has 2 heterocycles. The van der Waals surface area contributed by atoms with Crippen molar-refractivity contribution in [3.8, 4) is 11.4 Å².